The molecule has 7 heteroatoms. The van der Waals surface area contributed by atoms with Crippen LogP contribution in [-0.2, 0) is 10.0 Å². The van der Waals surface area contributed by atoms with Crippen molar-refractivity contribution in [2.45, 2.75) is 56.6 Å². The molecule has 4 N–H and O–H groups in total. The molecule has 1 aromatic heterocycles. The third kappa shape index (κ3) is 4.93. The lowest BCUT2D eigenvalue weighted by Crippen LogP contribution is -2.31. The molecule has 0 aliphatic carbocycles. The van der Waals surface area contributed by atoms with Crippen molar-refractivity contribution in [2.75, 3.05) is 11.9 Å². The first-order valence-corrected chi connectivity index (χ1v) is 9.22. The maximum atomic E-state index is 11.3. The van der Waals surface area contributed by atoms with E-state index >= 15 is 0 Å². The molecule has 2 unspecified atom stereocenters. The van der Waals surface area contributed by atoms with Gasteiger partial charge >= 0.3 is 0 Å². The lowest BCUT2D eigenvalue weighted by Gasteiger charge is -2.19. The maximum absolute atomic E-state index is 11.3. The second-order valence-electron chi connectivity index (χ2n) is 6.86. The summed E-state index contributed by atoms with van der Waals surface area (Å²) >= 11 is 0. The van der Waals surface area contributed by atoms with Crippen LogP contribution in [0.15, 0.2) is 23.2 Å². The van der Waals surface area contributed by atoms with Crippen molar-refractivity contribution in [1.82, 2.24) is 10.3 Å². The molecule has 0 aromatic carbocycles. The van der Waals surface area contributed by atoms with Gasteiger partial charge in [-0.05, 0) is 64.6 Å². The van der Waals surface area contributed by atoms with Gasteiger partial charge in [0.2, 0.25) is 0 Å². The number of nitrogens with one attached hydrogen (secondary N) is 2. The second-order valence-corrected chi connectivity index (χ2v) is 8.37. The molecule has 1 fully saturated rings. The van der Waals surface area contributed by atoms with Crippen molar-refractivity contribution < 1.29 is 8.42 Å². The summed E-state index contributed by atoms with van der Waals surface area (Å²) in [5.41, 5.74) is 0.243. The summed E-state index contributed by atoms with van der Waals surface area (Å²) in [5, 5.41) is 11.8. The van der Waals surface area contributed by atoms with E-state index in [0.29, 0.717) is 11.7 Å². The molecule has 0 saturated carbocycles. The van der Waals surface area contributed by atoms with Crippen molar-refractivity contribution in [3.8, 4) is 0 Å². The molecule has 1 aliphatic rings. The summed E-state index contributed by atoms with van der Waals surface area (Å²) in [6, 6.07) is 5.03. The van der Waals surface area contributed by atoms with Gasteiger partial charge in [0.15, 0.2) is 5.03 Å². The third-order valence-electron chi connectivity index (χ3n) is 4.09. The molecule has 0 amide bonds. The first kappa shape index (κ1) is 17.2. The first-order valence-electron chi connectivity index (χ1n) is 7.67. The molecule has 2 heterocycles. The lowest BCUT2D eigenvalue weighted by atomic mass is 9.92. The number of nitrogens with two attached hydrogens (primary N) is 1. The van der Waals surface area contributed by atoms with Crippen molar-refractivity contribution in [3.05, 3.63) is 18.2 Å². The molecule has 1 aliphatic heterocycles. The topological polar surface area (TPSA) is 97.1 Å². The second kappa shape index (κ2) is 6.52. The van der Waals surface area contributed by atoms with Crippen molar-refractivity contribution in [2.24, 2.45) is 11.1 Å². The number of hydrogen-bond acceptors (Lipinski definition) is 5. The number of nitrogens with zero attached hydrogens (tertiary/aromatic N) is 1. The first-order chi connectivity index (χ1) is 10.2. The number of sulfonamides is 1. The SMILES string of the molecule is CC(CCC1CNC(C)(C)C1)Nc1cccc(S(N)(=O)=O)n1. The average molecular weight is 326 g/mol. The van der Waals surface area contributed by atoms with Gasteiger partial charge in [-0.1, -0.05) is 6.07 Å². The fourth-order valence-corrected chi connectivity index (χ4v) is 3.45. The van der Waals surface area contributed by atoms with Crippen molar-refractivity contribution in [3.63, 3.8) is 0 Å². The van der Waals surface area contributed by atoms with Gasteiger partial charge in [-0.3, -0.25) is 0 Å². The molecule has 22 heavy (non-hydrogen) atoms. The zero-order valence-corrected chi connectivity index (χ0v) is 14.3. The van der Waals surface area contributed by atoms with Crippen molar-refractivity contribution in [1.29, 1.82) is 0 Å². The molecular weight excluding hydrogens is 300 g/mol. The normalized spacial score (nSPS) is 22.5. The molecule has 2 atom stereocenters. The Labute approximate surface area is 132 Å². The number of aromatic nitrogens is 1. The quantitative estimate of drug-likeness (QED) is 0.739. The minimum atomic E-state index is -3.76. The minimum absolute atomic E-state index is 0.105. The molecule has 2 rings (SSSR count). The Morgan fingerprint density at radius 2 is 2.23 bits per heavy atom. The number of pyridine rings is 1. The fourth-order valence-electron chi connectivity index (χ4n) is 2.95. The molecule has 0 spiro atoms. The summed E-state index contributed by atoms with van der Waals surface area (Å²) in [6.45, 7) is 7.62. The van der Waals surface area contributed by atoms with Gasteiger partial charge in [0.05, 0.1) is 0 Å². The van der Waals surface area contributed by atoms with Gasteiger partial charge in [-0.25, -0.2) is 18.5 Å². The van der Waals surface area contributed by atoms with Crippen LogP contribution in [0.4, 0.5) is 5.82 Å². The zero-order valence-electron chi connectivity index (χ0n) is 13.5. The Hall–Kier alpha value is -1.18. The Balaban J connectivity index is 1.86. The molecule has 1 aromatic rings. The van der Waals surface area contributed by atoms with Crippen LogP contribution in [0.1, 0.15) is 40.0 Å². The van der Waals surface area contributed by atoms with E-state index in [4.69, 9.17) is 5.14 Å². The van der Waals surface area contributed by atoms with E-state index in [1.165, 1.54) is 12.5 Å². The lowest BCUT2D eigenvalue weighted by molar-refractivity contribution is 0.423. The predicted octanol–water partition coefficient (Wildman–Crippen LogP) is 1.70. The monoisotopic (exact) mass is 326 g/mol. The van der Waals surface area contributed by atoms with Gasteiger partial charge < -0.3 is 10.6 Å². The van der Waals surface area contributed by atoms with Crippen LogP contribution in [0.5, 0.6) is 0 Å². The predicted molar refractivity (Wildman–Crippen MR) is 88.1 cm³/mol. The van der Waals surface area contributed by atoms with E-state index in [1.807, 2.05) is 0 Å². The van der Waals surface area contributed by atoms with Gasteiger partial charge in [-0.15, -0.1) is 0 Å². The highest BCUT2D eigenvalue weighted by Crippen LogP contribution is 2.27. The molecule has 0 radical (unpaired) electrons. The van der Waals surface area contributed by atoms with Gasteiger partial charge in [-0.2, -0.15) is 0 Å². The molecular formula is C15H26N4O2S. The van der Waals surface area contributed by atoms with Crippen LogP contribution < -0.4 is 15.8 Å². The highest BCUT2D eigenvalue weighted by molar-refractivity contribution is 7.89. The van der Waals surface area contributed by atoms with E-state index in [1.54, 1.807) is 12.1 Å². The van der Waals surface area contributed by atoms with Crippen LogP contribution in [0.2, 0.25) is 0 Å². The highest BCUT2D eigenvalue weighted by Gasteiger charge is 2.29. The van der Waals surface area contributed by atoms with Crippen LogP contribution in [0.3, 0.4) is 0 Å². The summed E-state index contributed by atoms with van der Waals surface area (Å²) in [4.78, 5) is 4.05. The standard InChI is InChI=1S/C15H26N4O2S/c1-11(7-8-12-9-15(2,3)17-10-12)18-13-5-4-6-14(19-13)22(16,20)21/h4-6,11-12,17H,7-10H2,1-3H3,(H,18,19)(H2,16,20,21). The number of primary sulfonamides is 1. The zero-order chi connectivity index (χ0) is 16.4. The fraction of sp³-hybridized carbons (Fsp3) is 0.667. The Kier molecular flexibility index (Phi) is 5.09. The molecule has 124 valence electrons. The van der Waals surface area contributed by atoms with E-state index in [9.17, 15) is 8.42 Å². The maximum Gasteiger partial charge on any atom is 0.255 e. The highest BCUT2D eigenvalue weighted by atomic mass is 32.2. The number of hydrogen-bond donors (Lipinski definition) is 3. The van der Waals surface area contributed by atoms with E-state index in [0.717, 1.165) is 19.4 Å². The average Bonchev–Trinajstić information content (AvgIpc) is 2.75. The smallest absolute Gasteiger partial charge is 0.255 e. The van der Waals surface area contributed by atoms with Gasteiger partial charge in [0, 0.05) is 11.6 Å². The Morgan fingerprint density at radius 3 is 2.82 bits per heavy atom. The minimum Gasteiger partial charge on any atom is -0.368 e. The number of anilines is 1. The molecule has 6 nitrogen and oxygen atoms in total. The van der Waals surface area contributed by atoms with Gasteiger partial charge in [0.25, 0.3) is 10.0 Å². The summed E-state index contributed by atoms with van der Waals surface area (Å²) in [6.07, 6.45) is 3.35. The molecule has 1 saturated heterocycles. The van der Waals surface area contributed by atoms with Crippen LogP contribution >= 0.6 is 0 Å². The molecule has 0 bridgehead atoms. The Morgan fingerprint density at radius 1 is 1.50 bits per heavy atom. The van der Waals surface area contributed by atoms with Crippen LogP contribution in [0, 0.1) is 5.92 Å². The number of rotatable bonds is 6. The largest absolute Gasteiger partial charge is 0.368 e. The summed E-state index contributed by atoms with van der Waals surface area (Å²) < 4.78 is 22.6. The van der Waals surface area contributed by atoms with Crippen LogP contribution in [0.25, 0.3) is 0 Å². The van der Waals surface area contributed by atoms with Crippen LogP contribution in [-0.4, -0.2) is 31.5 Å². The van der Waals surface area contributed by atoms with Gasteiger partial charge in [0.1, 0.15) is 5.82 Å². The third-order valence-corrected chi connectivity index (χ3v) is 4.90. The van der Waals surface area contributed by atoms with E-state index in [2.05, 4.69) is 36.4 Å². The van der Waals surface area contributed by atoms with E-state index < -0.39 is 10.0 Å². The summed E-state index contributed by atoms with van der Waals surface area (Å²) in [7, 11) is -3.76. The Bertz CT molecular complexity index is 616. The van der Waals surface area contributed by atoms with E-state index in [-0.39, 0.29) is 16.6 Å². The summed E-state index contributed by atoms with van der Waals surface area (Å²) in [5.74, 6) is 1.24. The van der Waals surface area contributed by atoms with Crippen molar-refractivity contribution >= 4 is 15.8 Å².